The van der Waals surface area contributed by atoms with Gasteiger partial charge in [-0.2, -0.15) is 18.4 Å². The smallest absolute Gasteiger partial charge is 0.372 e. The molecule has 3 N–H and O–H groups in total. The summed E-state index contributed by atoms with van der Waals surface area (Å²) in [7, 11) is 0. The van der Waals surface area contributed by atoms with Crippen molar-refractivity contribution < 1.29 is 32.3 Å². The predicted molar refractivity (Wildman–Crippen MR) is 159 cm³/mol. The van der Waals surface area contributed by atoms with Crippen LogP contribution in [0.3, 0.4) is 0 Å². The average molecular weight is 616 g/mol. The molecule has 1 saturated carbocycles. The maximum absolute atomic E-state index is 12.2. The summed E-state index contributed by atoms with van der Waals surface area (Å²) in [6, 6.07) is 7.00. The summed E-state index contributed by atoms with van der Waals surface area (Å²) in [6.45, 7) is 14.4. The molecule has 3 amide bonds. The second-order valence-corrected chi connectivity index (χ2v) is 12.0. The first kappa shape index (κ1) is 36.0. The molecule has 1 aliphatic heterocycles. The van der Waals surface area contributed by atoms with Crippen LogP contribution in [-0.4, -0.2) is 59.1 Å². The van der Waals surface area contributed by atoms with Crippen LogP contribution in [0.15, 0.2) is 30.6 Å². The number of aromatic nitrogens is 1. The monoisotopic (exact) mass is 615 g/mol. The minimum absolute atomic E-state index is 0.0454. The summed E-state index contributed by atoms with van der Waals surface area (Å²) in [4.78, 5) is 38.1. The van der Waals surface area contributed by atoms with Crippen LogP contribution in [-0.2, 0) is 19.1 Å². The maximum Gasteiger partial charge on any atom is 0.470 e. The van der Waals surface area contributed by atoms with E-state index in [1.807, 2.05) is 30.0 Å². The number of carbonyl (C=O) groups excluding carboxylic acids is 3. The normalized spacial score (nSPS) is 18.9. The number of nitrogens with one attached hydrogen (secondary N) is 1. The fraction of sp³-hybridized carbons (Fsp3) is 0.531. The van der Waals surface area contributed by atoms with Crippen LogP contribution in [0.2, 0.25) is 0 Å². The van der Waals surface area contributed by atoms with Crippen LogP contribution in [0.25, 0.3) is 10.8 Å². The molecule has 4 rings (SSSR count). The molecule has 12 heteroatoms. The van der Waals surface area contributed by atoms with E-state index >= 15 is 0 Å². The van der Waals surface area contributed by atoms with Crippen molar-refractivity contribution in [2.45, 2.75) is 84.7 Å². The van der Waals surface area contributed by atoms with Gasteiger partial charge in [-0.25, -0.2) is 0 Å². The summed E-state index contributed by atoms with van der Waals surface area (Å²) < 4.78 is 38.0. The average Bonchev–Trinajstić information content (AvgIpc) is 3.59. The molecule has 9 nitrogen and oxygen atoms in total. The highest BCUT2D eigenvalue weighted by Crippen LogP contribution is 2.40. The molecule has 238 valence electrons. The Labute approximate surface area is 256 Å². The standard InChI is InChI=1S/C15H11N3O.C15H27NO2.C2H2F3NO/c1-2-4-11-5-3-6-12-8-17-9-13(15(11)12)14(7-16)18-10-19;1-11-9-16(10-14(11,3)4)13(17)8-12(2)18-15(5)6-7-15;3-2(4,5)1(6)7/h3,5-6,8-10,14H,1H3,(H,18,19);11-12H,6-10H2,1-5H3;(H2,6,7)/t;11?,12-;/m.1./s1. The van der Waals surface area contributed by atoms with E-state index in [1.54, 1.807) is 19.3 Å². The molecule has 44 heavy (non-hydrogen) atoms. The lowest BCUT2D eigenvalue weighted by Crippen LogP contribution is -2.33. The highest BCUT2D eigenvalue weighted by atomic mass is 19.4. The lowest BCUT2D eigenvalue weighted by Gasteiger charge is -2.23. The van der Waals surface area contributed by atoms with Crippen LogP contribution in [0.1, 0.15) is 78.0 Å². The molecule has 2 aromatic rings. The number of benzene rings is 1. The van der Waals surface area contributed by atoms with Gasteiger partial charge in [0.05, 0.1) is 24.2 Å². The minimum Gasteiger partial charge on any atom is -0.372 e. The van der Waals surface area contributed by atoms with Crippen molar-refractivity contribution in [3.8, 4) is 17.9 Å². The van der Waals surface area contributed by atoms with Gasteiger partial charge in [0.1, 0.15) is 6.04 Å². The highest BCUT2D eigenvalue weighted by molar-refractivity contribution is 5.91. The van der Waals surface area contributed by atoms with Crippen molar-refractivity contribution in [1.82, 2.24) is 15.2 Å². The summed E-state index contributed by atoms with van der Waals surface area (Å²) in [5, 5.41) is 13.4. The van der Waals surface area contributed by atoms with E-state index in [-0.39, 0.29) is 23.0 Å². The molecule has 0 bridgehead atoms. The lowest BCUT2D eigenvalue weighted by atomic mass is 9.84. The number of carbonyl (C=O) groups is 3. The Kier molecular flexibility index (Phi) is 12.3. The second-order valence-electron chi connectivity index (χ2n) is 12.0. The summed E-state index contributed by atoms with van der Waals surface area (Å²) in [6.07, 6.45) is 1.81. The van der Waals surface area contributed by atoms with Crippen LogP contribution in [0.4, 0.5) is 13.2 Å². The number of alkyl halides is 3. The number of likely N-dealkylation sites (tertiary alicyclic amines) is 1. The van der Waals surface area contributed by atoms with Gasteiger partial charge < -0.3 is 20.7 Å². The van der Waals surface area contributed by atoms with E-state index in [0.717, 1.165) is 42.3 Å². The van der Waals surface area contributed by atoms with Gasteiger partial charge in [-0.15, -0.1) is 5.92 Å². The first-order chi connectivity index (χ1) is 20.5. The molecular formula is C32H40F3N5O4. The Balaban J connectivity index is 0.000000254. The van der Waals surface area contributed by atoms with Crippen molar-refractivity contribution in [2.75, 3.05) is 13.1 Å². The van der Waals surface area contributed by atoms with Crippen molar-refractivity contribution in [3.05, 3.63) is 41.7 Å². The number of fused-ring (bicyclic) bond motifs is 1. The molecular weight excluding hydrogens is 575 g/mol. The van der Waals surface area contributed by atoms with Crippen LogP contribution < -0.4 is 11.1 Å². The molecule has 2 heterocycles. The van der Waals surface area contributed by atoms with E-state index < -0.39 is 18.1 Å². The number of primary amides is 1. The van der Waals surface area contributed by atoms with Gasteiger partial charge in [0.15, 0.2) is 0 Å². The Morgan fingerprint density at radius 2 is 1.91 bits per heavy atom. The minimum atomic E-state index is -4.86. The van der Waals surface area contributed by atoms with E-state index in [2.05, 4.69) is 61.6 Å². The van der Waals surface area contributed by atoms with Gasteiger partial charge in [0.25, 0.3) is 0 Å². The van der Waals surface area contributed by atoms with Gasteiger partial charge in [0.2, 0.25) is 12.3 Å². The molecule has 1 aromatic heterocycles. The molecule has 3 atom stereocenters. The predicted octanol–water partition coefficient (Wildman–Crippen LogP) is 4.79. The number of hydrogen-bond acceptors (Lipinski definition) is 6. The molecule has 0 radical (unpaired) electrons. The van der Waals surface area contributed by atoms with E-state index in [9.17, 15) is 22.8 Å². The number of nitrogens with two attached hydrogens (primary N) is 1. The number of rotatable bonds is 7. The maximum atomic E-state index is 12.2. The third kappa shape index (κ3) is 10.2. The highest BCUT2D eigenvalue weighted by Gasteiger charge is 2.42. The van der Waals surface area contributed by atoms with Gasteiger partial charge in [0, 0.05) is 47.4 Å². The van der Waals surface area contributed by atoms with Gasteiger partial charge in [-0.3, -0.25) is 19.4 Å². The Morgan fingerprint density at radius 3 is 2.39 bits per heavy atom. The number of pyridine rings is 1. The first-order valence-corrected chi connectivity index (χ1v) is 14.2. The summed E-state index contributed by atoms with van der Waals surface area (Å²) in [5.74, 6) is 4.44. The molecule has 0 spiro atoms. The van der Waals surface area contributed by atoms with Gasteiger partial charge in [-0.1, -0.05) is 38.8 Å². The Hall–Kier alpha value is -4.16. The zero-order chi connectivity index (χ0) is 33.3. The molecule has 1 aromatic carbocycles. The number of nitriles is 1. The van der Waals surface area contributed by atoms with Gasteiger partial charge >= 0.3 is 12.1 Å². The zero-order valence-electron chi connectivity index (χ0n) is 25.9. The van der Waals surface area contributed by atoms with E-state index in [1.165, 1.54) is 0 Å². The van der Waals surface area contributed by atoms with Crippen molar-refractivity contribution in [1.29, 1.82) is 5.26 Å². The number of nitrogens with zero attached hydrogens (tertiary/aromatic N) is 3. The fourth-order valence-electron chi connectivity index (χ4n) is 4.66. The zero-order valence-corrected chi connectivity index (χ0v) is 25.9. The van der Waals surface area contributed by atoms with Crippen LogP contribution in [0, 0.1) is 34.5 Å². The summed E-state index contributed by atoms with van der Waals surface area (Å²) >= 11 is 0. The molecule has 1 saturated heterocycles. The molecule has 2 fully saturated rings. The molecule has 2 aliphatic rings. The SMILES string of the molecule is CC#Cc1cccc2cncc(C(C#N)NC=O)c12.CC1CN(C(=O)C[C@@H](C)OC2(C)CC2)CC1(C)C.NC(=O)C(F)(F)F. The van der Waals surface area contributed by atoms with E-state index in [0.29, 0.717) is 24.3 Å². The number of ether oxygens (including phenoxy) is 1. The Bertz CT molecular complexity index is 1430. The van der Waals surface area contributed by atoms with Gasteiger partial charge in [-0.05, 0) is 51.0 Å². The number of hydrogen-bond donors (Lipinski definition) is 2. The lowest BCUT2D eigenvalue weighted by molar-refractivity contribution is -0.169. The second kappa shape index (κ2) is 15.0. The van der Waals surface area contributed by atoms with Crippen molar-refractivity contribution in [3.63, 3.8) is 0 Å². The molecule has 2 unspecified atom stereocenters. The first-order valence-electron chi connectivity index (χ1n) is 14.2. The quantitative estimate of drug-likeness (QED) is 0.339. The fourth-order valence-corrected chi connectivity index (χ4v) is 4.66. The third-order valence-corrected chi connectivity index (χ3v) is 7.71. The summed E-state index contributed by atoms with van der Waals surface area (Å²) in [5.41, 5.74) is 5.61. The van der Waals surface area contributed by atoms with E-state index in [4.69, 9.17) is 14.8 Å². The van der Waals surface area contributed by atoms with Crippen LogP contribution >= 0.6 is 0 Å². The topological polar surface area (TPSA) is 138 Å². The van der Waals surface area contributed by atoms with Crippen molar-refractivity contribution in [2.24, 2.45) is 17.1 Å². The Morgan fingerprint density at radius 1 is 1.27 bits per heavy atom. The number of amides is 3. The largest absolute Gasteiger partial charge is 0.470 e. The van der Waals surface area contributed by atoms with Crippen molar-refractivity contribution >= 4 is 29.0 Å². The number of halogens is 3. The molecule has 1 aliphatic carbocycles. The van der Waals surface area contributed by atoms with Crippen LogP contribution in [0.5, 0.6) is 0 Å². The third-order valence-electron chi connectivity index (χ3n) is 7.71.